The molecule has 0 unspecified atom stereocenters. The van der Waals surface area contributed by atoms with Crippen molar-refractivity contribution >= 4 is 29.3 Å². The van der Waals surface area contributed by atoms with Crippen LogP contribution in [0.3, 0.4) is 0 Å². The summed E-state index contributed by atoms with van der Waals surface area (Å²) in [5.41, 5.74) is 2.57. The number of nitrogens with zero attached hydrogens (tertiary/aromatic N) is 2. The predicted octanol–water partition coefficient (Wildman–Crippen LogP) is 2.80. The molecule has 0 saturated heterocycles. The number of para-hydroxylation sites is 1. The second-order valence-electron chi connectivity index (χ2n) is 5.68. The minimum Gasteiger partial charge on any atom is -0.347 e. The summed E-state index contributed by atoms with van der Waals surface area (Å²) in [6.45, 7) is 0.304. The molecule has 2 amide bonds. The molecule has 0 radical (unpaired) electrons. The van der Waals surface area contributed by atoms with Crippen LogP contribution in [0.1, 0.15) is 5.56 Å². The Morgan fingerprint density at radius 3 is 2.61 bits per heavy atom. The van der Waals surface area contributed by atoms with E-state index in [1.165, 1.54) is 11.8 Å². The molecule has 0 atom stereocenters. The molecule has 0 aliphatic heterocycles. The van der Waals surface area contributed by atoms with Gasteiger partial charge in [0.2, 0.25) is 0 Å². The van der Waals surface area contributed by atoms with Crippen molar-refractivity contribution in [1.82, 2.24) is 15.3 Å². The standard InChI is InChI=1S/C20H17N5O2S/c21-12-15-8-4-5-9-16(15)24-19(27)18(26)22-10-11-28-20-23-13-17(25-20)14-6-2-1-3-7-14/h1-9,13H,10-11H2,(H,22,26)(H,23,25)(H,24,27). The van der Waals surface area contributed by atoms with Crippen molar-refractivity contribution in [3.63, 3.8) is 0 Å². The average molecular weight is 391 g/mol. The second kappa shape index (κ2) is 9.39. The first-order valence-corrected chi connectivity index (χ1v) is 9.47. The van der Waals surface area contributed by atoms with E-state index in [-0.39, 0.29) is 0 Å². The zero-order chi connectivity index (χ0) is 19.8. The van der Waals surface area contributed by atoms with Crippen molar-refractivity contribution in [1.29, 1.82) is 5.26 Å². The maximum Gasteiger partial charge on any atom is 0.313 e. The fraction of sp³-hybridized carbons (Fsp3) is 0.100. The van der Waals surface area contributed by atoms with Crippen molar-refractivity contribution in [2.24, 2.45) is 0 Å². The quantitative estimate of drug-likeness (QED) is 0.340. The number of thioether (sulfide) groups is 1. The summed E-state index contributed by atoms with van der Waals surface area (Å²) in [7, 11) is 0. The molecule has 28 heavy (non-hydrogen) atoms. The van der Waals surface area contributed by atoms with Crippen LogP contribution < -0.4 is 10.6 Å². The number of aromatic amines is 1. The number of hydrogen-bond donors (Lipinski definition) is 3. The number of anilines is 1. The number of H-pyrrole nitrogens is 1. The van der Waals surface area contributed by atoms with Crippen LogP contribution in [0.5, 0.6) is 0 Å². The molecule has 0 bridgehead atoms. The lowest BCUT2D eigenvalue weighted by atomic mass is 10.2. The highest BCUT2D eigenvalue weighted by atomic mass is 32.2. The molecule has 1 heterocycles. The van der Waals surface area contributed by atoms with E-state index in [1.54, 1.807) is 30.5 Å². The number of imidazole rings is 1. The minimum absolute atomic E-state index is 0.297. The number of hydrogen-bond acceptors (Lipinski definition) is 5. The zero-order valence-electron chi connectivity index (χ0n) is 14.8. The SMILES string of the molecule is N#Cc1ccccc1NC(=O)C(=O)NCCSc1ncc(-c2ccccc2)[nH]1. The summed E-state index contributed by atoms with van der Waals surface area (Å²) in [6.07, 6.45) is 1.76. The maximum atomic E-state index is 11.9. The van der Waals surface area contributed by atoms with E-state index in [2.05, 4.69) is 20.6 Å². The highest BCUT2D eigenvalue weighted by Gasteiger charge is 2.14. The van der Waals surface area contributed by atoms with E-state index >= 15 is 0 Å². The normalized spacial score (nSPS) is 10.1. The summed E-state index contributed by atoms with van der Waals surface area (Å²) in [5.74, 6) is -1.01. The largest absolute Gasteiger partial charge is 0.347 e. The van der Waals surface area contributed by atoms with E-state index < -0.39 is 11.8 Å². The van der Waals surface area contributed by atoms with Crippen molar-refractivity contribution in [3.05, 3.63) is 66.4 Å². The Bertz CT molecular complexity index is 1010. The smallest absolute Gasteiger partial charge is 0.313 e. The first-order valence-electron chi connectivity index (χ1n) is 8.49. The zero-order valence-corrected chi connectivity index (χ0v) is 15.6. The fourth-order valence-electron chi connectivity index (χ4n) is 2.40. The van der Waals surface area contributed by atoms with Gasteiger partial charge in [-0.2, -0.15) is 5.26 Å². The third kappa shape index (κ3) is 4.99. The van der Waals surface area contributed by atoms with Crippen LogP contribution in [0.25, 0.3) is 11.3 Å². The lowest BCUT2D eigenvalue weighted by Crippen LogP contribution is -2.36. The molecule has 3 N–H and O–H groups in total. The van der Waals surface area contributed by atoms with Crippen LogP contribution in [-0.2, 0) is 9.59 Å². The van der Waals surface area contributed by atoms with Gasteiger partial charge in [-0.15, -0.1) is 0 Å². The van der Waals surface area contributed by atoms with Crippen LogP contribution in [0.15, 0.2) is 66.0 Å². The fourth-order valence-corrected chi connectivity index (χ4v) is 3.11. The summed E-state index contributed by atoms with van der Waals surface area (Å²) in [4.78, 5) is 31.4. The van der Waals surface area contributed by atoms with Gasteiger partial charge in [0.15, 0.2) is 5.16 Å². The molecule has 140 valence electrons. The molecule has 0 spiro atoms. The first-order chi connectivity index (χ1) is 13.7. The van der Waals surface area contributed by atoms with Gasteiger partial charge in [-0.25, -0.2) is 4.98 Å². The van der Waals surface area contributed by atoms with E-state index in [0.717, 1.165) is 16.4 Å². The summed E-state index contributed by atoms with van der Waals surface area (Å²) in [6, 6.07) is 18.3. The van der Waals surface area contributed by atoms with Crippen LogP contribution in [-0.4, -0.2) is 34.1 Å². The van der Waals surface area contributed by atoms with Gasteiger partial charge in [0.05, 0.1) is 23.1 Å². The Balaban J connectivity index is 1.44. The van der Waals surface area contributed by atoms with Gasteiger partial charge < -0.3 is 15.6 Å². The topological polar surface area (TPSA) is 111 Å². The highest BCUT2D eigenvalue weighted by molar-refractivity contribution is 7.99. The molecule has 3 aromatic rings. The Labute approximate surface area is 166 Å². The van der Waals surface area contributed by atoms with Gasteiger partial charge in [0.1, 0.15) is 6.07 Å². The second-order valence-corrected chi connectivity index (χ2v) is 6.77. The molecule has 0 aliphatic carbocycles. The number of carbonyl (C=O) groups excluding carboxylic acids is 2. The molecular formula is C20H17N5O2S. The number of benzene rings is 2. The molecule has 1 aromatic heterocycles. The third-order valence-corrected chi connectivity index (χ3v) is 4.65. The number of carbonyl (C=O) groups is 2. The van der Waals surface area contributed by atoms with E-state index in [4.69, 9.17) is 5.26 Å². The predicted molar refractivity (Wildman–Crippen MR) is 108 cm³/mol. The van der Waals surface area contributed by atoms with Crippen LogP contribution >= 0.6 is 11.8 Å². The molecular weight excluding hydrogens is 374 g/mol. The van der Waals surface area contributed by atoms with Gasteiger partial charge in [-0.1, -0.05) is 54.2 Å². The number of aromatic nitrogens is 2. The Morgan fingerprint density at radius 1 is 1.07 bits per heavy atom. The van der Waals surface area contributed by atoms with Crippen LogP contribution in [0.2, 0.25) is 0 Å². The summed E-state index contributed by atoms with van der Waals surface area (Å²) >= 11 is 1.44. The molecule has 8 heteroatoms. The van der Waals surface area contributed by atoms with Crippen molar-refractivity contribution < 1.29 is 9.59 Å². The molecule has 2 aromatic carbocycles. The monoisotopic (exact) mass is 391 g/mol. The number of nitriles is 1. The molecule has 3 rings (SSSR count). The Morgan fingerprint density at radius 2 is 1.82 bits per heavy atom. The van der Waals surface area contributed by atoms with E-state index in [9.17, 15) is 9.59 Å². The van der Waals surface area contributed by atoms with Gasteiger partial charge in [0, 0.05) is 12.3 Å². The Hall–Kier alpha value is -3.57. The first kappa shape index (κ1) is 19.2. The highest BCUT2D eigenvalue weighted by Crippen LogP contribution is 2.20. The van der Waals surface area contributed by atoms with Crippen molar-refractivity contribution in [2.45, 2.75) is 5.16 Å². The minimum atomic E-state index is -0.808. The van der Waals surface area contributed by atoms with Crippen molar-refractivity contribution in [2.75, 3.05) is 17.6 Å². The molecule has 7 nitrogen and oxygen atoms in total. The lowest BCUT2D eigenvalue weighted by molar-refractivity contribution is -0.136. The molecule has 0 fully saturated rings. The van der Waals surface area contributed by atoms with Gasteiger partial charge in [-0.05, 0) is 17.7 Å². The Kier molecular flexibility index (Phi) is 6.44. The third-order valence-electron chi connectivity index (χ3n) is 3.77. The number of nitrogens with one attached hydrogen (secondary N) is 3. The van der Waals surface area contributed by atoms with Gasteiger partial charge in [0.25, 0.3) is 0 Å². The van der Waals surface area contributed by atoms with Crippen LogP contribution in [0, 0.1) is 11.3 Å². The summed E-state index contributed by atoms with van der Waals surface area (Å²) in [5, 5.41) is 14.7. The molecule has 0 aliphatic rings. The van der Waals surface area contributed by atoms with Crippen molar-refractivity contribution in [3.8, 4) is 17.3 Å². The van der Waals surface area contributed by atoms with Gasteiger partial charge >= 0.3 is 11.8 Å². The van der Waals surface area contributed by atoms with Crippen LogP contribution in [0.4, 0.5) is 5.69 Å². The molecule has 0 saturated carbocycles. The number of amides is 2. The average Bonchev–Trinajstić information content (AvgIpc) is 3.21. The summed E-state index contributed by atoms with van der Waals surface area (Å²) < 4.78 is 0. The van der Waals surface area contributed by atoms with Gasteiger partial charge in [-0.3, -0.25) is 9.59 Å². The van der Waals surface area contributed by atoms with E-state index in [1.807, 2.05) is 36.4 Å². The lowest BCUT2D eigenvalue weighted by Gasteiger charge is -2.07. The number of rotatable bonds is 6. The van der Waals surface area contributed by atoms with E-state index in [0.29, 0.717) is 23.5 Å². The maximum absolute atomic E-state index is 11.9.